The van der Waals surface area contributed by atoms with Crippen LogP contribution in [0.2, 0.25) is 0 Å². The Morgan fingerprint density at radius 2 is 2.35 bits per heavy atom. The number of pyridine rings is 1. The first-order chi connectivity index (χ1) is 7.74. The first kappa shape index (κ1) is 16.1. The van der Waals surface area contributed by atoms with Gasteiger partial charge in [-0.05, 0) is 18.6 Å². The summed E-state index contributed by atoms with van der Waals surface area (Å²) in [5.74, 6) is -0.0221. The van der Waals surface area contributed by atoms with Crippen molar-refractivity contribution in [2.75, 3.05) is 6.54 Å². The summed E-state index contributed by atoms with van der Waals surface area (Å²) in [5.41, 5.74) is 5.91. The van der Waals surface area contributed by atoms with Gasteiger partial charge < -0.3 is 11.1 Å². The lowest BCUT2D eigenvalue weighted by molar-refractivity contribution is 0.599. The molecular weight excluding hydrogens is 334 g/mol. The van der Waals surface area contributed by atoms with Crippen LogP contribution < -0.4 is 11.1 Å². The molecule has 0 atom stereocenters. The van der Waals surface area contributed by atoms with Gasteiger partial charge in [0.05, 0.1) is 12.2 Å². The first-order valence-corrected chi connectivity index (χ1v) is 5.37. The molecule has 1 aromatic rings. The van der Waals surface area contributed by atoms with Gasteiger partial charge in [-0.3, -0.25) is 4.98 Å². The average molecular weight is 352 g/mol. The Labute approximate surface area is 118 Å². The zero-order valence-corrected chi connectivity index (χ0v) is 12.1. The van der Waals surface area contributed by atoms with Crippen molar-refractivity contribution in [3.63, 3.8) is 0 Å². The second-order valence-electron chi connectivity index (χ2n) is 3.41. The Bertz CT molecular complexity index is 357. The van der Waals surface area contributed by atoms with Gasteiger partial charge in [-0.2, -0.15) is 0 Å². The normalized spacial score (nSPS) is 10.8. The SMILES string of the molecule is CCCCNC(N)=NCc1ncccc1F.I. The molecule has 96 valence electrons. The first-order valence-electron chi connectivity index (χ1n) is 5.37. The molecule has 0 fully saturated rings. The maximum absolute atomic E-state index is 13.2. The summed E-state index contributed by atoms with van der Waals surface area (Å²) >= 11 is 0. The minimum absolute atomic E-state index is 0. The van der Waals surface area contributed by atoms with E-state index in [1.807, 2.05) is 0 Å². The predicted molar refractivity (Wildman–Crippen MR) is 77.8 cm³/mol. The van der Waals surface area contributed by atoms with Crippen LogP contribution >= 0.6 is 24.0 Å². The van der Waals surface area contributed by atoms with Crippen LogP contribution in [0.1, 0.15) is 25.5 Å². The van der Waals surface area contributed by atoms with E-state index in [0.29, 0.717) is 11.7 Å². The maximum atomic E-state index is 13.2. The van der Waals surface area contributed by atoms with Gasteiger partial charge in [-0.25, -0.2) is 9.38 Å². The van der Waals surface area contributed by atoms with Gasteiger partial charge in [0.2, 0.25) is 0 Å². The summed E-state index contributed by atoms with van der Waals surface area (Å²) in [6.45, 7) is 3.05. The number of aromatic nitrogens is 1. The number of nitrogens with zero attached hydrogens (tertiary/aromatic N) is 2. The molecule has 0 aliphatic carbocycles. The van der Waals surface area contributed by atoms with Crippen molar-refractivity contribution < 1.29 is 4.39 Å². The van der Waals surface area contributed by atoms with Crippen LogP contribution in [0.4, 0.5) is 4.39 Å². The van der Waals surface area contributed by atoms with Crippen LogP contribution in [-0.2, 0) is 6.54 Å². The lowest BCUT2D eigenvalue weighted by Crippen LogP contribution is -2.32. The number of hydrogen-bond donors (Lipinski definition) is 2. The van der Waals surface area contributed by atoms with Crippen LogP contribution in [0.15, 0.2) is 23.3 Å². The summed E-state index contributed by atoms with van der Waals surface area (Å²) in [5, 5.41) is 2.95. The molecule has 0 radical (unpaired) electrons. The number of unbranched alkanes of at least 4 members (excludes halogenated alkanes) is 1. The fourth-order valence-corrected chi connectivity index (χ4v) is 1.14. The molecule has 0 spiro atoms. The van der Waals surface area contributed by atoms with E-state index in [-0.39, 0.29) is 36.3 Å². The molecule has 1 rings (SSSR count). The van der Waals surface area contributed by atoms with E-state index in [1.165, 1.54) is 12.3 Å². The van der Waals surface area contributed by atoms with Crippen molar-refractivity contribution in [2.45, 2.75) is 26.3 Å². The number of aliphatic imine (C=N–C) groups is 1. The second kappa shape index (κ2) is 9.15. The van der Waals surface area contributed by atoms with Crippen LogP contribution in [0.25, 0.3) is 0 Å². The largest absolute Gasteiger partial charge is 0.370 e. The molecule has 1 heterocycles. The molecule has 0 aromatic carbocycles. The third-order valence-electron chi connectivity index (χ3n) is 2.07. The van der Waals surface area contributed by atoms with Gasteiger partial charge in [-0.15, -0.1) is 24.0 Å². The highest BCUT2D eigenvalue weighted by Gasteiger charge is 2.00. The smallest absolute Gasteiger partial charge is 0.188 e. The number of hydrogen-bond acceptors (Lipinski definition) is 2. The third kappa shape index (κ3) is 6.40. The zero-order chi connectivity index (χ0) is 11.8. The number of nitrogens with two attached hydrogens (primary N) is 1. The molecule has 0 amide bonds. The molecule has 1 aromatic heterocycles. The minimum atomic E-state index is -0.354. The van der Waals surface area contributed by atoms with Gasteiger partial charge in [0.1, 0.15) is 5.82 Å². The topological polar surface area (TPSA) is 63.3 Å². The molecule has 6 heteroatoms. The van der Waals surface area contributed by atoms with Gasteiger partial charge in [0, 0.05) is 12.7 Å². The van der Waals surface area contributed by atoms with Crippen molar-refractivity contribution in [1.29, 1.82) is 0 Å². The highest BCUT2D eigenvalue weighted by molar-refractivity contribution is 14.0. The molecular formula is C11H18FIN4. The minimum Gasteiger partial charge on any atom is -0.370 e. The highest BCUT2D eigenvalue weighted by atomic mass is 127. The Morgan fingerprint density at radius 3 is 3.00 bits per heavy atom. The van der Waals surface area contributed by atoms with E-state index in [2.05, 4.69) is 22.2 Å². The van der Waals surface area contributed by atoms with Crippen molar-refractivity contribution in [3.8, 4) is 0 Å². The van der Waals surface area contributed by atoms with Crippen molar-refractivity contribution in [3.05, 3.63) is 29.8 Å². The van der Waals surface area contributed by atoms with Crippen LogP contribution in [-0.4, -0.2) is 17.5 Å². The lowest BCUT2D eigenvalue weighted by Gasteiger charge is -2.04. The van der Waals surface area contributed by atoms with Crippen LogP contribution in [0, 0.1) is 5.82 Å². The van der Waals surface area contributed by atoms with Crippen molar-refractivity contribution >= 4 is 29.9 Å². The molecule has 0 unspecified atom stereocenters. The number of guanidine groups is 1. The van der Waals surface area contributed by atoms with E-state index in [1.54, 1.807) is 6.07 Å². The molecule has 0 aliphatic rings. The van der Waals surface area contributed by atoms with E-state index in [9.17, 15) is 4.39 Å². The molecule has 4 nitrogen and oxygen atoms in total. The Kier molecular flexibility index (Phi) is 8.65. The molecule has 17 heavy (non-hydrogen) atoms. The monoisotopic (exact) mass is 352 g/mol. The molecule has 0 saturated heterocycles. The maximum Gasteiger partial charge on any atom is 0.188 e. The molecule has 0 saturated carbocycles. The second-order valence-corrected chi connectivity index (χ2v) is 3.41. The summed E-state index contributed by atoms with van der Waals surface area (Å²) in [6, 6.07) is 2.91. The van der Waals surface area contributed by atoms with Gasteiger partial charge in [-0.1, -0.05) is 13.3 Å². The van der Waals surface area contributed by atoms with E-state index < -0.39 is 0 Å². The number of halogens is 2. The van der Waals surface area contributed by atoms with E-state index in [0.717, 1.165) is 19.4 Å². The summed E-state index contributed by atoms with van der Waals surface area (Å²) in [6.07, 6.45) is 3.66. The Balaban J connectivity index is 0.00000256. The van der Waals surface area contributed by atoms with Gasteiger partial charge in [0.25, 0.3) is 0 Å². The van der Waals surface area contributed by atoms with Crippen LogP contribution in [0.5, 0.6) is 0 Å². The average Bonchev–Trinajstić information content (AvgIpc) is 2.28. The summed E-state index contributed by atoms with van der Waals surface area (Å²) in [4.78, 5) is 7.89. The van der Waals surface area contributed by atoms with Crippen molar-refractivity contribution in [1.82, 2.24) is 10.3 Å². The Morgan fingerprint density at radius 1 is 1.59 bits per heavy atom. The van der Waals surface area contributed by atoms with E-state index >= 15 is 0 Å². The molecule has 3 N–H and O–H groups in total. The number of rotatable bonds is 5. The van der Waals surface area contributed by atoms with Gasteiger partial charge in [0.15, 0.2) is 5.96 Å². The number of nitrogens with one attached hydrogen (secondary N) is 1. The quantitative estimate of drug-likeness (QED) is 0.369. The summed E-state index contributed by atoms with van der Waals surface area (Å²) < 4.78 is 13.2. The third-order valence-corrected chi connectivity index (χ3v) is 2.07. The van der Waals surface area contributed by atoms with E-state index in [4.69, 9.17) is 5.73 Å². The van der Waals surface area contributed by atoms with Gasteiger partial charge >= 0.3 is 0 Å². The fraction of sp³-hybridized carbons (Fsp3) is 0.455. The van der Waals surface area contributed by atoms with Crippen molar-refractivity contribution in [2.24, 2.45) is 10.7 Å². The van der Waals surface area contributed by atoms with Crippen LogP contribution in [0.3, 0.4) is 0 Å². The molecule has 0 aliphatic heterocycles. The fourth-order valence-electron chi connectivity index (χ4n) is 1.14. The highest BCUT2D eigenvalue weighted by Crippen LogP contribution is 2.03. The summed E-state index contributed by atoms with van der Waals surface area (Å²) in [7, 11) is 0. The Hall–Kier alpha value is -0.920. The lowest BCUT2D eigenvalue weighted by atomic mass is 10.3. The standard InChI is InChI=1S/C11H17FN4.HI/c1-2-3-6-15-11(13)16-8-10-9(12)5-4-7-14-10;/h4-5,7H,2-3,6,8H2,1H3,(H3,13,15,16);1H. The predicted octanol–water partition coefficient (Wildman–Crippen LogP) is 2.04. The zero-order valence-electron chi connectivity index (χ0n) is 9.82. The molecule has 0 bridgehead atoms.